The van der Waals surface area contributed by atoms with Crippen LogP contribution in [0.15, 0.2) is 69.9 Å². The molecule has 5 rings (SSSR count). The number of aryl methyl sites for hydroxylation is 2. The number of nitrogens with zero attached hydrogens (tertiary/aromatic N) is 1. The molecule has 2 aromatic heterocycles. The summed E-state index contributed by atoms with van der Waals surface area (Å²) in [5.41, 5.74) is 2.86. The van der Waals surface area contributed by atoms with Gasteiger partial charge in [-0.3, -0.25) is 4.79 Å². The minimum Gasteiger partial charge on any atom is -0.488 e. The fourth-order valence-corrected chi connectivity index (χ4v) is 5.25. The summed E-state index contributed by atoms with van der Waals surface area (Å²) in [6, 6.07) is 20.3. The third-order valence-electron chi connectivity index (χ3n) is 5.51. The Balaban J connectivity index is 1.44. The fraction of sp³-hybridized carbons (Fsp3) is 0.120. The molecule has 0 bridgehead atoms. The summed E-state index contributed by atoms with van der Waals surface area (Å²) < 4.78 is 6.91. The van der Waals surface area contributed by atoms with E-state index in [1.54, 1.807) is 11.3 Å². The van der Waals surface area contributed by atoms with Gasteiger partial charge in [0.15, 0.2) is 0 Å². The molecule has 0 aliphatic rings. The second-order valence-electron chi connectivity index (χ2n) is 7.45. The molecule has 0 atom stereocenters. The number of thiophene rings is 1. The molecular weight excluding hydrogens is 472 g/mol. The van der Waals surface area contributed by atoms with Crippen LogP contribution in [0.3, 0.4) is 0 Å². The SMILES string of the molecule is Cc1sc2nc(-c3ccc(OCc4cccc5ccccc45)c(Br)c3)[nH]c(=O)c2c1C. The van der Waals surface area contributed by atoms with Crippen molar-refractivity contribution in [2.75, 3.05) is 0 Å². The number of halogens is 1. The Kier molecular flexibility index (Phi) is 5.12. The van der Waals surface area contributed by atoms with Crippen LogP contribution in [-0.2, 0) is 6.61 Å². The largest absolute Gasteiger partial charge is 0.488 e. The Hall–Kier alpha value is -2.96. The molecule has 0 aliphatic carbocycles. The van der Waals surface area contributed by atoms with Gasteiger partial charge in [0.1, 0.15) is 23.0 Å². The molecule has 0 saturated carbocycles. The predicted octanol–water partition coefficient (Wildman–Crippen LogP) is 6.76. The van der Waals surface area contributed by atoms with E-state index in [1.165, 1.54) is 10.8 Å². The zero-order valence-corrected chi connectivity index (χ0v) is 19.4. The quantitative estimate of drug-likeness (QED) is 0.302. The van der Waals surface area contributed by atoms with Gasteiger partial charge in [-0.15, -0.1) is 11.3 Å². The minimum atomic E-state index is -0.103. The highest BCUT2D eigenvalue weighted by molar-refractivity contribution is 9.10. The van der Waals surface area contributed by atoms with Crippen LogP contribution in [0.1, 0.15) is 16.0 Å². The normalized spacial score (nSPS) is 11.3. The monoisotopic (exact) mass is 490 g/mol. The first kappa shape index (κ1) is 20.0. The second-order valence-corrected chi connectivity index (χ2v) is 9.51. The van der Waals surface area contributed by atoms with Crippen molar-refractivity contribution in [1.82, 2.24) is 9.97 Å². The molecule has 31 heavy (non-hydrogen) atoms. The molecule has 0 unspecified atom stereocenters. The number of fused-ring (bicyclic) bond motifs is 2. The molecule has 0 fully saturated rings. The van der Waals surface area contributed by atoms with Crippen LogP contribution in [0.25, 0.3) is 32.4 Å². The summed E-state index contributed by atoms with van der Waals surface area (Å²) in [5.74, 6) is 1.29. The van der Waals surface area contributed by atoms with Crippen LogP contribution in [0.5, 0.6) is 5.75 Å². The zero-order valence-electron chi connectivity index (χ0n) is 17.0. The molecule has 0 spiro atoms. The van der Waals surface area contributed by atoms with Gasteiger partial charge in [-0.05, 0) is 69.9 Å². The first-order valence-electron chi connectivity index (χ1n) is 9.90. The molecule has 0 radical (unpaired) electrons. The van der Waals surface area contributed by atoms with Gasteiger partial charge in [0.05, 0.1) is 9.86 Å². The molecule has 0 amide bonds. The minimum absolute atomic E-state index is 0.103. The first-order chi connectivity index (χ1) is 15.0. The van der Waals surface area contributed by atoms with E-state index in [0.717, 1.165) is 36.6 Å². The van der Waals surface area contributed by atoms with E-state index in [1.807, 2.05) is 50.2 Å². The summed E-state index contributed by atoms with van der Waals surface area (Å²) in [5, 5.41) is 3.07. The third kappa shape index (κ3) is 3.66. The van der Waals surface area contributed by atoms with Gasteiger partial charge in [-0.1, -0.05) is 42.5 Å². The van der Waals surface area contributed by atoms with Crippen LogP contribution in [0.2, 0.25) is 0 Å². The molecule has 2 heterocycles. The number of H-pyrrole nitrogens is 1. The summed E-state index contributed by atoms with van der Waals surface area (Å²) in [4.78, 5) is 22.1. The van der Waals surface area contributed by atoms with Gasteiger partial charge >= 0.3 is 0 Å². The van der Waals surface area contributed by atoms with Crippen molar-refractivity contribution >= 4 is 48.3 Å². The molecule has 6 heteroatoms. The van der Waals surface area contributed by atoms with Crippen LogP contribution < -0.4 is 10.3 Å². The summed E-state index contributed by atoms with van der Waals surface area (Å²) in [6.45, 7) is 4.44. The van der Waals surface area contributed by atoms with Gasteiger partial charge in [0.25, 0.3) is 5.56 Å². The van der Waals surface area contributed by atoms with E-state index in [2.05, 4.69) is 50.2 Å². The number of nitrogens with one attached hydrogen (secondary N) is 1. The number of aromatic nitrogens is 2. The van der Waals surface area contributed by atoms with Crippen LogP contribution in [-0.4, -0.2) is 9.97 Å². The molecule has 4 nitrogen and oxygen atoms in total. The second kappa shape index (κ2) is 7.94. The standard InChI is InChI=1S/C25H19BrN2O2S/c1-14-15(2)31-25-22(14)24(29)27-23(28-25)17-10-11-21(20(26)12-17)30-13-18-8-5-7-16-6-3-4-9-19(16)18/h3-12H,13H2,1-2H3,(H,27,28,29). The average Bonchev–Trinajstić information content (AvgIpc) is 3.06. The average molecular weight is 491 g/mol. The van der Waals surface area contributed by atoms with Crippen molar-refractivity contribution in [3.63, 3.8) is 0 Å². The molecule has 5 aromatic rings. The van der Waals surface area contributed by atoms with Gasteiger partial charge in [0, 0.05) is 10.4 Å². The van der Waals surface area contributed by atoms with Crippen molar-refractivity contribution in [2.24, 2.45) is 0 Å². The third-order valence-corrected chi connectivity index (χ3v) is 7.23. The summed E-state index contributed by atoms with van der Waals surface area (Å²) >= 11 is 5.16. The number of aromatic amines is 1. The lowest BCUT2D eigenvalue weighted by molar-refractivity contribution is 0.306. The van der Waals surface area contributed by atoms with Crippen LogP contribution >= 0.6 is 27.3 Å². The lowest BCUT2D eigenvalue weighted by Crippen LogP contribution is -2.09. The molecular formula is C25H19BrN2O2S. The van der Waals surface area contributed by atoms with Crippen molar-refractivity contribution < 1.29 is 4.74 Å². The van der Waals surface area contributed by atoms with Gasteiger partial charge in [-0.25, -0.2) is 4.98 Å². The highest BCUT2D eigenvalue weighted by Gasteiger charge is 2.14. The molecule has 154 valence electrons. The van der Waals surface area contributed by atoms with Gasteiger partial charge < -0.3 is 9.72 Å². The highest BCUT2D eigenvalue weighted by atomic mass is 79.9. The summed E-state index contributed by atoms with van der Waals surface area (Å²) in [6.07, 6.45) is 0. The van der Waals surface area contributed by atoms with Gasteiger partial charge in [-0.2, -0.15) is 0 Å². The summed E-state index contributed by atoms with van der Waals surface area (Å²) in [7, 11) is 0. The number of hydrogen-bond donors (Lipinski definition) is 1. The lowest BCUT2D eigenvalue weighted by Gasteiger charge is -2.11. The zero-order chi connectivity index (χ0) is 21.5. The van der Waals surface area contributed by atoms with Crippen molar-refractivity contribution in [2.45, 2.75) is 20.5 Å². The van der Waals surface area contributed by atoms with E-state index in [4.69, 9.17) is 4.74 Å². The Morgan fingerprint density at radius 2 is 1.87 bits per heavy atom. The van der Waals surface area contributed by atoms with E-state index >= 15 is 0 Å². The van der Waals surface area contributed by atoms with Crippen molar-refractivity contribution in [1.29, 1.82) is 0 Å². The Morgan fingerprint density at radius 3 is 2.71 bits per heavy atom. The van der Waals surface area contributed by atoms with Crippen LogP contribution in [0, 0.1) is 13.8 Å². The number of rotatable bonds is 4. The van der Waals surface area contributed by atoms with E-state index in [-0.39, 0.29) is 5.56 Å². The fourth-order valence-electron chi connectivity index (χ4n) is 3.73. The van der Waals surface area contributed by atoms with Crippen molar-refractivity contribution in [3.8, 4) is 17.1 Å². The maximum atomic E-state index is 12.6. The molecule has 1 N–H and O–H groups in total. The number of benzene rings is 3. The highest BCUT2D eigenvalue weighted by Crippen LogP contribution is 2.32. The predicted molar refractivity (Wildman–Crippen MR) is 131 cm³/mol. The maximum absolute atomic E-state index is 12.6. The maximum Gasteiger partial charge on any atom is 0.260 e. The number of hydrogen-bond acceptors (Lipinski definition) is 4. The Morgan fingerprint density at radius 1 is 1.06 bits per heavy atom. The molecule has 0 aliphatic heterocycles. The lowest BCUT2D eigenvalue weighted by atomic mass is 10.1. The van der Waals surface area contributed by atoms with Crippen LogP contribution in [0.4, 0.5) is 0 Å². The van der Waals surface area contributed by atoms with E-state index in [0.29, 0.717) is 17.8 Å². The first-order valence-corrected chi connectivity index (χ1v) is 11.5. The molecule has 0 saturated heterocycles. The van der Waals surface area contributed by atoms with E-state index in [9.17, 15) is 4.79 Å². The molecule has 3 aromatic carbocycles. The number of ether oxygens (including phenoxy) is 1. The van der Waals surface area contributed by atoms with Crippen molar-refractivity contribution in [3.05, 3.63) is 91.5 Å². The topological polar surface area (TPSA) is 55.0 Å². The van der Waals surface area contributed by atoms with Gasteiger partial charge in [0.2, 0.25) is 0 Å². The smallest absolute Gasteiger partial charge is 0.260 e. The Labute approximate surface area is 191 Å². The van der Waals surface area contributed by atoms with E-state index < -0.39 is 0 Å². The Bertz CT molecular complexity index is 1500.